The Morgan fingerprint density at radius 2 is 2.22 bits per heavy atom. The number of nitrogens with zero attached hydrogens (tertiary/aromatic N) is 3. The number of hydrogen-bond acceptors (Lipinski definition) is 7. The van der Waals surface area contributed by atoms with Gasteiger partial charge < -0.3 is 10.7 Å². The van der Waals surface area contributed by atoms with Gasteiger partial charge in [-0.15, -0.1) is 0 Å². The van der Waals surface area contributed by atoms with E-state index in [0.29, 0.717) is 5.03 Å². The van der Waals surface area contributed by atoms with E-state index in [1.54, 1.807) is 0 Å². The first-order valence-electron chi connectivity index (χ1n) is 4.70. The lowest BCUT2D eigenvalue weighted by Gasteiger charge is -2.00. The molecule has 0 saturated heterocycles. The van der Waals surface area contributed by atoms with E-state index in [2.05, 4.69) is 15.0 Å². The highest BCUT2D eigenvalue weighted by Gasteiger charge is 2.07. The first kappa shape index (κ1) is 12.0. The van der Waals surface area contributed by atoms with Crippen molar-refractivity contribution >= 4 is 23.3 Å². The number of H-pyrrole nitrogens is 1. The summed E-state index contributed by atoms with van der Waals surface area (Å²) in [5.74, 6) is 0.100. The Balaban J connectivity index is 2.23. The SMILES string of the molecule is Nc1cc(=O)[nH]c(Sc2ccc([N+](=O)[O-])cn2)n1. The van der Waals surface area contributed by atoms with Gasteiger partial charge in [0.1, 0.15) is 17.0 Å². The van der Waals surface area contributed by atoms with Crippen molar-refractivity contribution in [2.45, 2.75) is 10.2 Å². The molecule has 0 atom stereocenters. The molecule has 18 heavy (non-hydrogen) atoms. The summed E-state index contributed by atoms with van der Waals surface area (Å²) in [6, 6.07) is 3.94. The van der Waals surface area contributed by atoms with Crippen LogP contribution in [-0.4, -0.2) is 19.9 Å². The van der Waals surface area contributed by atoms with Gasteiger partial charge in [-0.25, -0.2) is 9.97 Å². The number of nitro groups is 1. The standard InChI is InChI=1S/C9H7N5O3S/c10-6-3-7(15)13-9(12-6)18-8-2-1-5(4-11-8)14(16)17/h1-4H,(H3,10,12,13,15). The number of rotatable bonds is 3. The van der Waals surface area contributed by atoms with E-state index < -0.39 is 4.92 Å². The highest BCUT2D eigenvalue weighted by Crippen LogP contribution is 2.23. The van der Waals surface area contributed by atoms with Gasteiger partial charge in [0.25, 0.3) is 11.2 Å². The van der Waals surface area contributed by atoms with Crippen molar-refractivity contribution in [3.63, 3.8) is 0 Å². The minimum atomic E-state index is -0.540. The summed E-state index contributed by atoms with van der Waals surface area (Å²) in [6.45, 7) is 0. The van der Waals surface area contributed by atoms with Crippen LogP contribution in [0.3, 0.4) is 0 Å². The number of hydrogen-bond donors (Lipinski definition) is 2. The zero-order valence-corrected chi connectivity index (χ0v) is 9.68. The summed E-state index contributed by atoms with van der Waals surface area (Å²) in [7, 11) is 0. The summed E-state index contributed by atoms with van der Waals surface area (Å²) in [4.78, 5) is 31.3. The van der Waals surface area contributed by atoms with Crippen LogP contribution in [0.1, 0.15) is 0 Å². The number of pyridine rings is 1. The molecule has 2 aromatic heterocycles. The summed E-state index contributed by atoms with van der Waals surface area (Å²) >= 11 is 1.06. The largest absolute Gasteiger partial charge is 0.383 e. The Morgan fingerprint density at radius 3 is 2.78 bits per heavy atom. The molecular weight excluding hydrogens is 258 g/mol. The van der Waals surface area contributed by atoms with Gasteiger partial charge in [-0.05, 0) is 17.8 Å². The average Bonchev–Trinajstić information content (AvgIpc) is 2.28. The fourth-order valence-electron chi connectivity index (χ4n) is 1.14. The lowest BCUT2D eigenvalue weighted by molar-refractivity contribution is -0.385. The second-order valence-electron chi connectivity index (χ2n) is 3.19. The van der Waals surface area contributed by atoms with Crippen LogP contribution in [0.25, 0.3) is 0 Å². The van der Waals surface area contributed by atoms with Crippen LogP contribution in [0.4, 0.5) is 11.5 Å². The third-order valence-electron chi connectivity index (χ3n) is 1.87. The summed E-state index contributed by atoms with van der Waals surface area (Å²) in [6.07, 6.45) is 1.13. The van der Waals surface area contributed by atoms with E-state index >= 15 is 0 Å². The van der Waals surface area contributed by atoms with Crippen molar-refractivity contribution in [3.8, 4) is 0 Å². The van der Waals surface area contributed by atoms with Crippen molar-refractivity contribution in [1.82, 2.24) is 15.0 Å². The Labute approximate surface area is 104 Å². The Bertz CT molecular complexity index is 639. The molecule has 8 nitrogen and oxygen atoms in total. The van der Waals surface area contributed by atoms with Gasteiger partial charge in [-0.3, -0.25) is 14.9 Å². The molecule has 0 aliphatic rings. The summed E-state index contributed by atoms with van der Waals surface area (Å²) in [5.41, 5.74) is 4.95. The van der Waals surface area contributed by atoms with E-state index in [1.165, 1.54) is 12.1 Å². The van der Waals surface area contributed by atoms with E-state index in [1.807, 2.05) is 0 Å². The van der Waals surface area contributed by atoms with Crippen LogP contribution in [0, 0.1) is 10.1 Å². The summed E-state index contributed by atoms with van der Waals surface area (Å²) in [5, 5.41) is 11.2. The van der Waals surface area contributed by atoms with Gasteiger partial charge in [-0.2, -0.15) is 0 Å². The number of aromatic amines is 1. The Hall–Kier alpha value is -2.42. The van der Waals surface area contributed by atoms with Crippen molar-refractivity contribution in [3.05, 3.63) is 44.9 Å². The number of nitrogens with one attached hydrogen (secondary N) is 1. The maximum absolute atomic E-state index is 11.1. The maximum atomic E-state index is 11.1. The minimum Gasteiger partial charge on any atom is -0.383 e. The van der Waals surface area contributed by atoms with Crippen LogP contribution >= 0.6 is 11.8 Å². The predicted octanol–water partition coefficient (Wildman–Crippen LogP) is 0.806. The molecule has 0 unspecified atom stereocenters. The molecule has 92 valence electrons. The molecule has 0 amide bonds. The first-order valence-corrected chi connectivity index (χ1v) is 5.51. The van der Waals surface area contributed by atoms with Gasteiger partial charge in [0.2, 0.25) is 0 Å². The fraction of sp³-hybridized carbons (Fsp3) is 0. The molecule has 3 N–H and O–H groups in total. The molecule has 9 heteroatoms. The summed E-state index contributed by atoms with van der Waals surface area (Å²) < 4.78 is 0. The van der Waals surface area contributed by atoms with Crippen LogP contribution in [0.5, 0.6) is 0 Å². The molecule has 2 rings (SSSR count). The van der Waals surface area contributed by atoms with Gasteiger partial charge >= 0.3 is 0 Å². The van der Waals surface area contributed by atoms with E-state index in [0.717, 1.165) is 24.0 Å². The molecule has 0 saturated carbocycles. The second-order valence-corrected chi connectivity index (χ2v) is 4.20. The minimum absolute atomic E-state index is 0.100. The molecule has 0 radical (unpaired) electrons. The molecule has 0 bridgehead atoms. The van der Waals surface area contributed by atoms with Gasteiger partial charge in [0.15, 0.2) is 5.16 Å². The van der Waals surface area contributed by atoms with E-state index in [-0.39, 0.29) is 22.2 Å². The van der Waals surface area contributed by atoms with E-state index in [9.17, 15) is 14.9 Å². The average molecular weight is 265 g/mol. The lowest BCUT2D eigenvalue weighted by Crippen LogP contribution is -2.09. The molecule has 0 fully saturated rings. The van der Waals surface area contributed by atoms with Crippen molar-refractivity contribution in [2.75, 3.05) is 5.73 Å². The second kappa shape index (κ2) is 4.84. The van der Waals surface area contributed by atoms with Crippen LogP contribution in [0.2, 0.25) is 0 Å². The van der Waals surface area contributed by atoms with Gasteiger partial charge in [-0.1, -0.05) is 0 Å². The highest BCUT2D eigenvalue weighted by atomic mass is 32.2. The highest BCUT2D eigenvalue weighted by molar-refractivity contribution is 7.99. The normalized spacial score (nSPS) is 10.2. The molecule has 0 aliphatic heterocycles. The topological polar surface area (TPSA) is 128 Å². The Kier molecular flexibility index (Phi) is 3.24. The fourth-order valence-corrected chi connectivity index (χ4v) is 1.88. The first-order chi connectivity index (χ1) is 8.54. The predicted molar refractivity (Wildman–Crippen MR) is 64.3 cm³/mol. The zero-order chi connectivity index (χ0) is 13.1. The lowest BCUT2D eigenvalue weighted by atomic mass is 10.4. The number of aromatic nitrogens is 3. The quantitative estimate of drug-likeness (QED) is 0.477. The van der Waals surface area contributed by atoms with Crippen LogP contribution < -0.4 is 11.3 Å². The molecule has 0 spiro atoms. The third kappa shape index (κ3) is 2.83. The van der Waals surface area contributed by atoms with E-state index in [4.69, 9.17) is 5.73 Å². The molecule has 2 aromatic rings. The number of anilines is 1. The molecule has 0 aliphatic carbocycles. The van der Waals surface area contributed by atoms with Gasteiger partial charge in [0, 0.05) is 12.1 Å². The van der Waals surface area contributed by atoms with Crippen LogP contribution in [-0.2, 0) is 0 Å². The van der Waals surface area contributed by atoms with Crippen LogP contribution in [0.15, 0.2) is 39.4 Å². The third-order valence-corrected chi connectivity index (χ3v) is 2.71. The number of nitrogen functional groups attached to an aromatic ring is 1. The van der Waals surface area contributed by atoms with Crippen molar-refractivity contribution < 1.29 is 4.92 Å². The van der Waals surface area contributed by atoms with Crippen molar-refractivity contribution in [2.24, 2.45) is 0 Å². The van der Waals surface area contributed by atoms with Crippen molar-refractivity contribution in [1.29, 1.82) is 0 Å². The molecule has 2 heterocycles. The number of nitrogens with two attached hydrogens (primary N) is 1. The van der Waals surface area contributed by atoms with Gasteiger partial charge in [0.05, 0.1) is 4.92 Å². The zero-order valence-electron chi connectivity index (χ0n) is 8.86. The molecule has 0 aromatic carbocycles. The molecular formula is C9H7N5O3S. The maximum Gasteiger partial charge on any atom is 0.287 e. The monoisotopic (exact) mass is 265 g/mol. The smallest absolute Gasteiger partial charge is 0.287 e. The Morgan fingerprint density at radius 1 is 1.44 bits per heavy atom.